The molecule has 0 atom stereocenters. The zero-order valence-electron chi connectivity index (χ0n) is 18.1. The number of hydrogen-bond donors (Lipinski definition) is 1. The van der Waals surface area contributed by atoms with Crippen LogP contribution in [-0.4, -0.2) is 23.3 Å². The molecule has 0 spiro atoms. The number of anilines is 1. The van der Waals surface area contributed by atoms with Crippen molar-refractivity contribution in [3.05, 3.63) is 98.3 Å². The van der Waals surface area contributed by atoms with Crippen molar-refractivity contribution >= 4 is 40.7 Å². The lowest BCUT2D eigenvalue weighted by Gasteiger charge is -2.30. The Morgan fingerprint density at radius 3 is 2.37 bits per heavy atom. The van der Waals surface area contributed by atoms with Gasteiger partial charge in [-0.3, -0.25) is 9.59 Å². The van der Waals surface area contributed by atoms with Gasteiger partial charge in [-0.25, -0.2) is 4.39 Å². The largest absolute Gasteiger partial charge is 0.419 e. The summed E-state index contributed by atoms with van der Waals surface area (Å²) in [7, 11) is 0. The topological polar surface area (TPSA) is 49.4 Å². The first-order chi connectivity index (χ1) is 16.5. The van der Waals surface area contributed by atoms with Gasteiger partial charge in [0.05, 0.1) is 22.7 Å². The molecule has 0 bridgehead atoms. The fourth-order valence-corrected chi connectivity index (χ4v) is 4.33. The summed E-state index contributed by atoms with van der Waals surface area (Å²) in [6.45, 7) is 0.697. The fourth-order valence-electron chi connectivity index (χ4n) is 3.98. The van der Waals surface area contributed by atoms with Crippen LogP contribution in [0, 0.1) is 5.82 Å². The van der Waals surface area contributed by atoms with Crippen LogP contribution in [0.1, 0.15) is 32.6 Å². The van der Waals surface area contributed by atoms with Crippen LogP contribution in [0.15, 0.2) is 54.6 Å². The fraction of sp³-hybridized carbons (Fsp3) is 0.200. The summed E-state index contributed by atoms with van der Waals surface area (Å²) in [5.74, 6) is -2.15. The Morgan fingerprint density at radius 2 is 1.71 bits per heavy atom. The number of alkyl halides is 3. The van der Waals surface area contributed by atoms with Gasteiger partial charge < -0.3 is 10.2 Å². The van der Waals surface area contributed by atoms with Crippen LogP contribution < -0.4 is 5.32 Å². The lowest BCUT2D eigenvalue weighted by molar-refractivity contribution is -0.140. The molecule has 4 rings (SSSR count). The molecule has 0 saturated heterocycles. The van der Waals surface area contributed by atoms with Gasteiger partial charge in [0.25, 0.3) is 5.91 Å². The maximum atomic E-state index is 13.8. The minimum Gasteiger partial charge on any atom is -0.334 e. The second-order valence-corrected chi connectivity index (χ2v) is 8.92. The van der Waals surface area contributed by atoms with E-state index in [4.69, 9.17) is 23.2 Å². The highest BCUT2D eigenvalue weighted by atomic mass is 35.5. The van der Waals surface area contributed by atoms with Crippen LogP contribution >= 0.6 is 23.2 Å². The monoisotopic (exact) mass is 524 g/mol. The van der Waals surface area contributed by atoms with Crippen molar-refractivity contribution in [2.75, 3.05) is 11.9 Å². The van der Waals surface area contributed by atoms with Gasteiger partial charge in [0, 0.05) is 23.7 Å². The quantitative estimate of drug-likeness (QED) is 0.394. The van der Waals surface area contributed by atoms with Crippen LogP contribution in [0.4, 0.5) is 23.2 Å². The number of carbonyl (C=O) groups is 2. The van der Waals surface area contributed by atoms with E-state index in [0.717, 1.165) is 17.2 Å². The summed E-state index contributed by atoms with van der Waals surface area (Å²) in [5, 5.41) is 3.51. The molecule has 2 amide bonds. The van der Waals surface area contributed by atoms with E-state index >= 15 is 0 Å². The maximum absolute atomic E-state index is 13.8. The van der Waals surface area contributed by atoms with Gasteiger partial charge in [-0.1, -0.05) is 35.3 Å². The molecule has 3 aromatic rings. The highest BCUT2D eigenvalue weighted by Gasteiger charge is 2.34. The van der Waals surface area contributed by atoms with E-state index in [9.17, 15) is 27.2 Å². The highest BCUT2D eigenvalue weighted by Crippen LogP contribution is 2.34. The number of halogens is 6. The first kappa shape index (κ1) is 25.0. The lowest BCUT2D eigenvalue weighted by atomic mass is 9.96. The van der Waals surface area contributed by atoms with E-state index in [-0.39, 0.29) is 22.9 Å². The smallest absolute Gasteiger partial charge is 0.334 e. The Kier molecular flexibility index (Phi) is 7.05. The Balaban J connectivity index is 1.49. The summed E-state index contributed by atoms with van der Waals surface area (Å²) in [6.07, 6.45) is -4.72. The molecule has 0 fully saturated rings. The van der Waals surface area contributed by atoms with E-state index in [2.05, 4.69) is 5.32 Å². The Morgan fingerprint density at radius 1 is 1.00 bits per heavy atom. The lowest BCUT2D eigenvalue weighted by Crippen LogP contribution is -2.36. The zero-order valence-corrected chi connectivity index (χ0v) is 19.6. The number of nitrogens with one attached hydrogen (secondary N) is 1. The molecule has 0 aromatic heterocycles. The van der Waals surface area contributed by atoms with Crippen LogP contribution in [0.2, 0.25) is 10.0 Å². The molecule has 1 N–H and O–H groups in total. The summed E-state index contributed by atoms with van der Waals surface area (Å²) in [6, 6.07) is 12.3. The van der Waals surface area contributed by atoms with E-state index in [1.165, 1.54) is 0 Å². The van der Waals surface area contributed by atoms with Gasteiger partial charge in [0.1, 0.15) is 5.82 Å². The van der Waals surface area contributed by atoms with Crippen molar-refractivity contribution in [2.45, 2.75) is 25.6 Å². The third kappa shape index (κ3) is 5.60. The molecule has 10 heteroatoms. The number of rotatable bonds is 4. The average Bonchev–Trinajstić information content (AvgIpc) is 2.80. The van der Waals surface area contributed by atoms with Gasteiger partial charge in [0.2, 0.25) is 5.91 Å². The average molecular weight is 525 g/mol. The van der Waals surface area contributed by atoms with Gasteiger partial charge in [-0.05, 0) is 65.6 Å². The van der Waals surface area contributed by atoms with Gasteiger partial charge in [0.15, 0.2) is 0 Å². The van der Waals surface area contributed by atoms with Crippen molar-refractivity contribution in [1.82, 2.24) is 4.90 Å². The van der Waals surface area contributed by atoms with E-state index in [1.807, 2.05) is 0 Å². The van der Waals surface area contributed by atoms with Crippen LogP contribution in [-0.2, 0) is 30.4 Å². The van der Waals surface area contributed by atoms with Crippen LogP contribution in [0.5, 0.6) is 0 Å². The van der Waals surface area contributed by atoms with Gasteiger partial charge in [-0.2, -0.15) is 13.2 Å². The second kappa shape index (κ2) is 9.87. The molecular formula is C25H18Cl2F4N2O2. The van der Waals surface area contributed by atoms with Crippen LogP contribution in [0.3, 0.4) is 0 Å². The molecule has 3 aromatic carbocycles. The molecule has 1 heterocycles. The zero-order chi connectivity index (χ0) is 25.3. The first-order valence-electron chi connectivity index (χ1n) is 10.5. The number of amides is 2. The Hall–Kier alpha value is -3.10. The number of fused-ring (bicyclic) bond motifs is 1. The van der Waals surface area contributed by atoms with Crippen molar-refractivity contribution in [1.29, 1.82) is 0 Å². The number of carbonyl (C=O) groups excluding carboxylic acids is 2. The predicted octanol–water partition coefficient (Wildman–Crippen LogP) is 6.53. The third-order valence-corrected chi connectivity index (χ3v) is 6.27. The normalized spacial score (nSPS) is 13.4. The summed E-state index contributed by atoms with van der Waals surface area (Å²) >= 11 is 12.2. The molecule has 0 radical (unpaired) electrons. The van der Waals surface area contributed by atoms with Gasteiger partial charge >= 0.3 is 6.18 Å². The minimum absolute atomic E-state index is 0.0913. The van der Waals surface area contributed by atoms with Crippen molar-refractivity contribution in [2.24, 2.45) is 0 Å². The highest BCUT2D eigenvalue weighted by molar-refractivity contribution is 6.34. The SMILES string of the molecule is O=C(Cc1ccc(C(F)(F)F)c(F)c1)Nc1c(Cl)ccc2c1CCN(C(=O)c1ccc(Cl)cc1)C2. The van der Waals surface area contributed by atoms with Crippen LogP contribution in [0.25, 0.3) is 0 Å². The first-order valence-corrected chi connectivity index (χ1v) is 11.3. The number of benzene rings is 3. The molecule has 0 saturated carbocycles. The van der Waals surface area contributed by atoms with E-state index < -0.39 is 23.5 Å². The number of nitrogens with zero attached hydrogens (tertiary/aromatic N) is 1. The summed E-state index contributed by atoms with van der Waals surface area (Å²) < 4.78 is 52.1. The molecule has 1 aliphatic rings. The molecule has 1 aliphatic heterocycles. The Bertz CT molecular complexity index is 1290. The minimum atomic E-state index is -4.82. The molecule has 182 valence electrons. The standard InChI is InChI=1S/C25H18Cl2F4N2O2/c26-17-5-2-15(3-6-17)24(35)33-10-9-18-16(13-33)4-8-20(27)23(18)32-22(34)12-14-1-7-19(21(28)11-14)25(29,30)31/h1-8,11H,9-10,12-13H2,(H,32,34). The molecule has 0 aliphatic carbocycles. The van der Waals surface area contributed by atoms with Crippen molar-refractivity contribution in [3.8, 4) is 0 Å². The van der Waals surface area contributed by atoms with Crippen molar-refractivity contribution < 1.29 is 27.2 Å². The molecule has 0 unspecified atom stereocenters. The summed E-state index contributed by atoms with van der Waals surface area (Å²) in [5.41, 5.74) is 1.15. The maximum Gasteiger partial charge on any atom is 0.419 e. The summed E-state index contributed by atoms with van der Waals surface area (Å²) in [4.78, 5) is 27.1. The Labute approximate surface area is 208 Å². The predicted molar refractivity (Wildman–Crippen MR) is 125 cm³/mol. The second-order valence-electron chi connectivity index (χ2n) is 8.08. The van der Waals surface area contributed by atoms with Gasteiger partial charge in [-0.15, -0.1) is 0 Å². The molecule has 4 nitrogen and oxygen atoms in total. The third-order valence-electron chi connectivity index (χ3n) is 5.70. The van der Waals surface area contributed by atoms with E-state index in [0.29, 0.717) is 47.9 Å². The molecule has 35 heavy (non-hydrogen) atoms. The van der Waals surface area contributed by atoms with E-state index in [1.54, 1.807) is 41.3 Å². The van der Waals surface area contributed by atoms with Crippen molar-refractivity contribution in [3.63, 3.8) is 0 Å². The molecular weight excluding hydrogens is 507 g/mol. The number of hydrogen-bond acceptors (Lipinski definition) is 2.